The van der Waals surface area contributed by atoms with Gasteiger partial charge in [-0.2, -0.15) is 0 Å². The number of sulfone groups is 1. The van der Waals surface area contributed by atoms with Crippen LogP contribution in [-0.4, -0.2) is 62.4 Å². The van der Waals surface area contributed by atoms with Crippen molar-refractivity contribution in [2.24, 2.45) is 0 Å². The van der Waals surface area contributed by atoms with Crippen molar-refractivity contribution < 1.29 is 27.9 Å². The zero-order valence-corrected chi connectivity index (χ0v) is 13.1. The first-order valence-corrected chi connectivity index (χ1v) is 8.53. The van der Waals surface area contributed by atoms with E-state index in [1.165, 1.54) is 17.0 Å². The summed E-state index contributed by atoms with van der Waals surface area (Å²) in [5.74, 6) is -1.53. The van der Waals surface area contributed by atoms with E-state index in [9.17, 15) is 18.0 Å². The molecule has 0 unspecified atom stereocenters. The average Bonchev–Trinajstić information content (AvgIpc) is 2.46. The maximum absolute atomic E-state index is 12.4. The Morgan fingerprint density at radius 2 is 2.05 bits per heavy atom. The minimum absolute atomic E-state index is 0.0593. The van der Waals surface area contributed by atoms with Gasteiger partial charge in [0.05, 0.1) is 18.0 Å². The third-order valence-corrected chi connectivity index (χ3v) is 4.70. The highest BCUT2D eigenvalue weighted by Crippen LogP contribution is 2.19. The van der Waals surface area contributed by atoms with Crippen LogP contribution in [0, 0.1) is 6.92 Å². The number of carboxylic acid groups (broad SMARTS) is 1. The third-order valence-electron chi connectivity index (χ3n) is 3.46. The fourth-order valence-electron chi connectivity index (χ4n) is 2.30. The van der Waals surface area contributed by atoms with Crippen LogP contribution in [-0.2, 0) is 19.4 Å². The van der Waals surface area contributed by atoms with Gasteiger partial charge < -0.3 is 14.7 Å². The number of carbonyl (C=O) groups is 2. The smallest absolute Gasteiger partial charge is 0.334 e. The molecule has 1 atom stereocenters. The van der Waals surface area contributed by atoms with Crippen LogP contribution in [0.5, 0.6) is 0 Å². The molecule has 0 aromatic heterocycles. The number of benzene rings is 1. The van der Waals surface area contributed by atoms with Crippen LogP contribution < -0.4 is 0 Å². The van der Waals surface area contributed by atoms with Crippen LogP contribution in [0.3, 0.4) is 0 Å². The second-order valence-corrected chi connectivity index (χ2v) is 7.19. The zero-order valence-electron chi connectivity index (χ0n) is 12.3. The van der Waals surface area contributed by atoms with Crippen molar-refractivity contribution in [3.05, 3.63) is 29.3 Å². The predicted octanol–water partition coefficient (Wildman–Crippen LogP) is 0.324. The molecule has 22 heavy (non-hydrogen) atoms. The van der Waals surface area contributed by atoms with Crippen LogP contribution in [0.4, 0.5) is 0 Å². The molecule has 1 aliphatic rings. The summed E-state index contributed by atoms with van der Waals surface area (Å²) in [5.41, 5.74) is 0.779. The number of amides is 1. The number of nitrogens with zero attached hydrogens (tertiary/aromatic N) is 1. The van der Waals surface area contributed by atoms with E-state index < -0.39 is 27.8 Å². The SMILES string of the molecule is Cc1ccc(C(=O)N2CCO[C@@H](C(=O)O)C2)cc1S(C)(=O)=O. The van der Waals surface area contributed by atoms with Gasteiger partial charge in [0.15, 0.2) is 15.9 Å². The molecule has 7 nitrogen and oxygen atoms in total. The first kappa shape index (κ1) is 16.4. The number of rotatable bonds is 3. The lowest BCUT2D eigenvalue weighted by molar-refractivity contribution is -0.154. The molecule has 1 aromatic carbocycles. The van der Waals surface area contributed by atoms with Gasteiger partial charge in [0.25, 0.3) is 5.91 Å². The summed E-state index contributed by atoms with van der Waals surface area (Å²) in [6.45, 7) is 1.99. The monoisotopic (exact) mass is 327 g/mol. The first-order chi connectivity index (χ1) is 10.2. The Labute approximate surface area is 128 Å². The van der Waals surface area contributed by atoms with Gasteiger partial charge in [-0.15, -0.1) is 0 Å². The van der Waals surface area contributed by atoms with Crippen molar-refractivity contribution in [1.29, 1.82) is 0 Å². The van der Waals surface area contributed by atoms with Crippen LogP contribution in [0.25, 0.3) is 0 Å². The van der Waals surface area contributed by atoms with E-state index in [-0.39, 0.29) is 30.2 Å². The topological polar surface area (TPSA) is 101 Å². The van der Waals surface area contributed by atoms with Gasteiger partial charge in [0, 0.05) is 18.4 Å². The molecule has 1 saturated heterocycles. The summed E-state index contributed by atoms with van der Waals surface area (Å²) in [6.07, 6.45) is 0.0243. The van der Waals surface area contributed by atoms with Gasteiger partial charge >= 0.3 is 5.97 Å². The highest BCUT2D eigenvalue weighted by molar-refractivity contribution is 7.90. The van der Waals surface area contributed by atoms with Gasteiger partial charge in [0.1, 0.15) is 0 Å². The molecule has 1 aromatic rings. The molecule has 1 aliphatic heterocycles. The molecular weight excluding hydrogens is 310 g/mol. The number of carbonyl (C=O) groups excluding carboxylic acids is 1. The van der Waals surface area contributed by atoms with Gasteiger partial charge in [-0.25, -0.2) is 13.2 Å². The highest BCUT2D eigenvalue weighted by Gasteiger charge is 2.29. The Morgan fingerprint density at radius 3 is 2.64 bits per heavy atom. The summed E-state index contributed by atoms with van der Waals surface area (Å²) < 4.78 is 28.5. The van der Waals surface area contributed by atoms with Crippen molar-refractivity contribution in [1.82, 2.24) is 4.90 Å². The van der Waals surface area contributed by atoms with Crippen molar-refractivity contribution in [3.63, 3.8) is 0 Å². The van der Waals surface area contributed by atoms with Crippen LogP contribution in [0.2, 0.25) is 0 Å². The Hall–Kier alpha value is -1.93. The number of hydrogen-bond acceptors (Lipinski definition) is 5. The summed E-state index contributed by atoms with van der Waals surface area (Å²) in [4.78, 5) is 24.8. The Balaban J connectivity index is 2.28. The largest absolute Gasteiger partial charge is 0.479 e. The van der Waals surface area contributed by atoms with E-state index in [2.05, 4.69) is 0 Å². The standard InChI is InChI=1S/C14H17NO6S/c1-9-3-4-10(7-12(9)22(2,19)20)13(16)15-5-6-21-11(8-15)14(17)18/h3-4,7,11H,5-6,8H2,1-2H3,(H,17,18)/t11-/m1/s1. The quantitative estimate of drug-likeness (QED) is 0.858. The first-order valence-electron chi connectivity index (χ1n) is 6.64. The molecule has 0 radical (unpaired) electrons. The Kier molecular flexibility index (Phi) is 4.52. The lowest BCUT2D eigenvalue weighted by Gasteiger charge is -2.31. The highest BCUT2D eigenvalue weighted by atomic mass is 32.2. The number of aliphatic carboxylic acids is 1. The minimum atomic E-state index is -3.43. The molecule has 8 heteroatoms. The van der Waals surface area contributed by atoms with Crippen LogP contribution in [0.15, 0.2) is 23.1 Å². The fraction of sp³-hybridized carbons (Fsp3) is 0.429. The van der Waals surface area contributed by atoms with E-state index in [0.29, 0.717) is 5.56 Å². The van der Waals surface area contributed by atoms with Crippen molar-refractivity contribution in [2.75, 3.05) is 26.0 Å². The van der Waals surface area contributed by atoms with Crippen LogP contribution in [0.1, 0.15) is 15.9 Å². The number of ether oxygens (including phenoxy) is 1. The Bertz CT molecular complexity index is 712. The minimum Gasteiger partial charge on any atom is -0.479 e. The molecule has 0 saturated carbocycles. The van der Waals surface area contributed by atoms with Crippen molar-refractivity contribution in [3.8, 4) is 0 Å². The van der Waals surface area contributed by atoms with Gasteiger partial charge in [-0.1, -0.05) is 6.07 Å². The zero-order chi connectivity index (χ0) is 16.5. The summed E-state index contributed by atoms with van der Waals surface area (Å²) in [7, 11) is -3.43. The van der Waals surface area contributed by atoms with E-state index >= 15 is 0 Å². The number of aryl methyl sites for hydroxylation is 1. The van der Waals surface area contributed by atoms with Crippen molar-refractivity contribution in [2.45, 2.75) is 17.9 Å². The number of morpholine rings is 1. The molecule has 120 valence electrons. The lowest BCUT2D eigenvalue weighted by atomic mass is 10.1. The molecule has 0 aliphatic carbocycles. The normalized spacial score (nSPS) is 19.0. The summed E-state index contributed by atoms with van der Waals surface area (Å²) >= 11 is 0. The maximum atomic E-state index is 12.4. The van der Waals surface area contributed by atoms with E-state index in [4.69, 9.17) is 9.84 Å². The summed E-state index contributed by atoms with van der Waals surface area (Å²) in [6, 6.07) is 4.44. The molecule has 1 heterocycles. The molecular formula is C14H17NO6S. The van der Waals surface area contributed by atoms with Gasteiger partial charge in [0.2, 0.25) is 0 Å². The molecule has 1 fully saturated rings. The molecule has 0 spiro atoms. The van der Waals surface area contributed by atoms with E-state index in [1.807, 2.05) is 0 Å². The lowest BCUT2D eigenvalue weighted by Crippen LogP contribution is -2.48. The molecule has 2 rings (SSSR count). The van der Waals surface area contributed by atoms with E-state index in [1.54, 1.807) is 13.0 Å². The van der Waals surface area contributed by atoms with Gasteiger partial charge in [-0.3, -0.25) is 4.79 Å². The Morgan fingerprint density at radius 1 is 1.36 bits per heavy atom. The second-order valence-electron chi connectivity index (χ2n) is 5.20. The number of hydrogen-bond donors (Lipinski definition) is 1. The number of carboxylic acids is 1. The van der Waals surface area contributed by atoms with Gasteiger partial charge in [-0.05, 0) is 24.6 Å². The van der Waals surface area contributed by atoms with Crippen molar-refractivity contribution >= 4 is 21.7 Å². The fourth-order valence-corrected chi connectivity index (χ4v) is 3.29. The second kappa shape index (κ2) is 6.05. The third kappa shape index (κ3) is 3.45. The van der Waals surface area contributed by atoms with Crippen LogP contribution >= 0.6 is 0 Å². The maximum Gasteiger partial charge on any atom is 0.334 e. The predicted molar refractivity (Wildman–Crippen MR) is 77.6 cm³/mol. The average molecular weight is 327 g/mol. The van der Waals surface area contributed by atoms with E-state index in [0.717, 1.165) is 6.26 Å². The molecule has 1 N–H and O–H groups in total. The molecule has 1 amide bonds. The molecule has 0 bridgehead atoms. The summed E-state index contributed by atoms with van der Waals surface area (Å²) in [5, 5.41) is 8.95.